The predicted octanol–water partition coefficient (Wildman–Crippen LogP) is 3.46. The van der Waals surface area contributed by atoms with Crippen LogP contribution in [-0.4, -0.2) is 25.3 Å². The third-order valence-corrected chi connectivity index (χ3v) is 6.56. The highest BCUT2D eigenvalue weighted by atomic mass is 32.2. The summed E-state index contributed by atoms with van der Waals surface area (Å²) in [7, 11) is -3.19. The SMILES string of the molecule is O=S1(=O)C2C=C(c3ccc(OC(F)(F)F)cc3F)CC1CC2. The zero-order chi connectivity index (χ0) is 16.1. The number of rotatable bonds is 2. The second kappa shape index (κ2) is 4.97. The third-order valence-electron chi connectivity index (χ3n) is 4.01. The molecule has 1 aromatic rings. The molecule has 1 saturated heterocycles. The highest BCUT2D eigenvalue weighted by Crippen LogP contribution is 2.41. The fourth-order valence-corrected chi connectivity index (χ4v) is 5.20. The largest absolute Gasteiger partial charge is 0.573 e. The summed E-state index contributed by atoms with van der Waals surface area (Å²) in [6.07, 6.45) is -2.14. The third kappa shape index (κ3) is 2.71. The zero-order valence-corrected chi connectivity index (χ0v) is 12.0. The molecule has 2 aliphatic heterocycles. The van der Waals surface area contributed by atoms with Crippen LogP contribution in [0.4, 0.5) is 17.6 Å². The van der Waals surface area contributed by atoms with Gasteiger partial charge in [-0.05, 0) is 37.0 Å². The molecular formula is C14H12F4O3S. The van der Waals surface area contributed by atoms with Gasteiger partial charge < -0.3 is 4.74 Å². The van der Waals surface area contributed by atoms with Crippen LogP contribution >= 0.6 is 0 Å². The minimum atomic E-state index is -4.88. The molecule has 22 heavy (non-hydrogen) atoms. The maximum Gasteiger partial charge on any atom is 0.573 e. The molecule has 0 N–H and O–H groups in total. The van der Waals surface area contributed by atoms with Crippen molar-refractivity contribution in [2.75, 3.05) is 0 Å². The van der Waals surface area contributed by atoms with Gasteiger partial charge in [-0.2, -0.15) is 0 Å². The number of hydrogen-bond acceptors (Lipinski definition) is 3. The zero-order valence-electron chi connectivity index (χ0n) is 11.2. The summed E-state index contributed by atoms with van der Waals surface area (Å²) >= 11 is 0. The average Bonchev–Trinajstić information content (AvgIpc) is 2.58. The summed E-state index contributed by atoms with van der Waals surface area (Å²) in [6.45, 7) is 0. The molecule has 0 radical (unpaired) electrons. The number of alkyl halides is 3. The van der Waals surface area contributed by atoms with E-state index in [1.54, 1.807) is 0 Å². The van der Waals surface area contributed by atoms with E-state index in [1.165, 1.54) is 12.1 Å². The maximum atomic E-state index is 14.0. The standard InChI is InChI=1S/C14H12F4O3S/c15-13-7-9(21-14(16,17)18)1-4-12(13)8-5-10-2-3-11(6-8)22(10,19)20/h1,4-5,7,10-11H,2-3,6H2. The molecule has 1 aromatic carbocycles. The first kappa shape index (κ1) is 15.3. The summed E-state index contributed by atoms with van der Waals surface area (Å²) in [5, 5.41) is -1.14. The number of fused-ring (bicyclic) bond motifs is 2. The smallest absolute Gasteiger partial charge is 0.406 e. The van der Waals surface area contributed by atoms with Gasteiger partial charge in [0.1, 0.15) is 11.6 Å². The normalized spacial score (nSPS) is 26.6. The van der Waals surface area contributed by atoms with E-state index in [0.29, 0.717) is 24.5 Å². The minimum Gasteiger partial charge on any atom is -0.406 e. The first-order chi connectivity index (χ1) is 10.2. The molecule has 2 unspecified atom stereocenters. The minimum absolute atomic E-state index is 0.126. The lowest BCUT2D eigenvalue weighted by atomic mass is 10.00. The summed E-state index contributed by atoms with van der Waals surface area (Å²) in [6, 6.07) is 2.88. The van der Waals surface area contributed by atoms with Crippen molar-refractivity contribution in [3.63, 3.8) is 0 Å². The van der Waals surface area contributed by atoms with E-state index in [4.69, 9.17) is 0 Å². The van der Waals surface area contributed by atoms with E-state index < -0.39 is 38.3 Å². The van der Waals surface area contributed by atoms with Gasteiger partial charge >= 0.3 is 6.36 Å². The second-order valence-electron chi connectivity index (χ2n) is 5.41. The van der Waals surface area contributed by atoms with Crippen molar-refractivity contribution in [2.45, 2.75) is 36.1 Å². The quantitative estimate of drug-likeness (QED) is 0.777. The Hall–Kier alpha value is -1.57. The van der Waals surface area contributed by atoms with Crippen molar-refractivity contribution in [1.82, 2.24) is 0 Å². The van der Waals surface area contributed by atoms with Gasteiger partial charge in [0.15, 0.2) is 9.84 Å². The van der Waals surface area contributed by atoms with Crippen LogP contribution in [0.25, 0.3) is 5.57 Å². The number of sulfone groups is 1. The molecule has 0 amide bonds. The van der Waals surface area contributed by atoms with Crippen molar-refractivity contribution in [1.29, 1.82) is 0 Å². The summed E-state index contributed by atoms with van der Waals surface area (Å²) in [5.74, 6) is -1.49. The van der Waals surface area contributed by atoms with Crippen LogP contribution in [-0.2, 0) is 9.84 Å². The summed E-state index contributed by atoms with van der Waals surface area (Å²) < 4.78 is 77.9. The Balaban J connectivity index is 1.91. The highest BCUT2D eigenvalue weighted by molar-refractivity contribution is 7.93. The topological polar surface area (TPSA) is 43.4 Å². The van der Waals surface area contributed by atoms with Gasteiger partial charge in [-0.3, -0.25) is 0 Å². The van der Waals surface area contributed by atoms with Crippen molar-refractivity contribution in [3.05, 3.63) is 35.7 Å². The average molecular weight is 336 g/mol. The lowest BCUT2D eigenvalue weighted by molar-refractivity contribution is -0.274. The van der Waals surface area contributed by atoms with Gasteiger partial charge in [-0.25, -0.2) is 12.8 Å². The Kier molecular flexibility index (Phi) is 3.47. The highest BCUT2D eigenvalue weighted by Gasteiger charge is 2.43. The fraction of sp³-hybridized carbons (Fsp3) is 0.429. The first-order valence-corrected chi connectivity index (χ1v) is 8.27. The summed E-state index contributed by atoms with van der Waals surface area (Å²) in [4.78, 5) is 0. The molecule has 0 saturated carbocycles. The number of allylic oxidation sites excluding steroid dienone is 1. The van der Waals surface area contributed by atoms with Crippen LogP contribution in [0, 0.1) is 5.82 Å². The molecule has 3 rings (SSSR count). The van der Waals surface area contributed by atoms with Crippen molar-refractivity contribution >= 4 is 15.4 Å². The Morgan fingerprint density at radius 1 is 1.18 bits per heavy atom. The molecule has 0 spiro atoms. The van der Waals surface area contributed by atoms with Crippen LogP contribution in [0.5, 0.6) is 5.75 Å². The van der Waals surface area contributed by atoms with Crippen molar-refractivity contribution < 1.29 is 30.7 Å². The fourth-order valence-electron chi connectivity index (χ4n) is 3.01. The molecule has 120 valence electrons. The second-order valence-corrected chi connectivity index (χ2v) is 7.86. The van der Waals surface area contributed by atoms with E-state index in [2.05, 4.69) is 4.74 Å². The van der Waals surface area contributed by atoms with Gasteiger partial charge in [-0.1, -0.05) is 6.08 Å². The maximum absolute atomic E-state index is 14.0. The molecule has 3 nitrogen and oxygen atoms in total. The molecule has 2 atom stereocenters. The molecular weight excluding hydrogens is 324 g/mol. The van der Waals surface area contributed by atoms with Crippen LogP contribution in [0.1, 0.15) is 24.8 Å². The number of hydrogen-bond donors (Lipinski definition) is 0. The first-order valence-electron chi connectivity index (χ1n) is 6.66. The molecule has 1 fully saturated rings. The molecule has 2 bridgehead atoms. The summed E-state index contributed by atoms with van der Waals surface area (Å²) in [5.41, 5.74) is 0.653. The number of benzene rings is 1. The monoisotopic (exact) mass is 336 g/mol. The van der Waals surface area contributed by atoms with Gasteiger partial charge in [-0.15, -0.1) is 13.2 Å². The van der Waals surface area contributed by atoms with Gasteiger partial charge in [0.25, 0.3) is 0 Å². The number of halogens is 4. The van der Waals surface area contributed by atoms with Crippen molar-refractivity contribution in [2.24, 2.45) is 0 Å². The molecule has 0 aromatic heterocycles. The molecule has 8 heteroatoms. The number of ether oxygens (including phenoxy) is 1. The molecule has 0 aliphatic carbocycles. The van der Waals surface area contributed by atoms with Gasteiger partial charge in [0, 0.05) is 11.6 Å². The molecule has 2 aliphatic rings. The lowest BCUT2D eigenvalue weighted by Crippen LogP contribution is -2.26. The Morgan fingerprint density at radius 3 is 2.50 bits per heavy atom. The van der Waals surface area contributed by atoms with E-state index in [9.17, 15) is 26.0 Å². The predicted molar refractivity (Wildman–Crippen MR) is 71.4 cm³/mol. The van der Waals surface area contributed by atoms with Crippen molar-refractivity contribution in [3.8, 4) is 5.75 Å². The Labute approximate surface area is 124 Å². The molecule has 2 heterocycles. The van der Waals surface area contributed by atoms with E-state index >= 15 is 0 Å². The van der Waals surface area contributed by atoms with Crippen LogP contribution in [0.2, 0.25) is 0 Å². The van der Waals surface area contributed by atoms with E-state index in [0.717, 1.165) is 6.07 Å². The lowest BCUT2D eigenvalue weighted by Gasteiger charge is -2.21. The Morgan fingerprint density at radius 2 is 1.91 bits per heavy atom. The Bertz CT molecular complexity index is 737. The van der Waals surface area contributed by atoms with Crippen LogP contribution < -0.4 is 4.74 Å². The van der Waals surface area contributed by atoms with Crippen LogP contribution in [0.15, 0.2) is 24.3 Å². The van der Waals surface area contributed by atoms with Crippen LogP contribution in [0.3, 0.4) is 0 Å². The van der Waals surface area contributed by atoms with Gasteiger partial charge in [0.2, 0.25) is 0 Å². The van der Waals surface area contributed by atoms with E-state index in [1.807, 2.05) is 0 Å². The van der Waals surface area contributed by atoms with E-state index in [-0.39, 0.29) is 12.0 Å². The van der Waals surface area contributed by atoms with Gasteiger partial charge in [0.05, 0.1) is 10.5 Å².